The van der Waals surface area contributed by atoms with Gasteiger partial charge in [-0.15, -0.1) is 0 Å². The molecule has 142 valence electrons. The molecule has 1 saturated heterocycles. The lowest BCUT2D eigenvalue weighted by atomic mass is 9.58. The average molecular weight is 366 g/mol. The minimum Gasteiger partial charge on any atom is -0.496 e. The first-order valence-corrected chi connectivity index (χ1v) is 9.73. The fourth-order valence-electron chi connectivity index (χ4n) is 4.93. The molecule has 1 spiro atoms. The third-order valence-corrected chi connectivity index (χ3v) is 6.42. The lowest BCUT2D eigenvalue weighted by molar-refractivity contribution is -0.192. The van der Waals surface area contributed by atoms with E-state index < -0.39 is 22.9 Å². The van der Waals surface area contributed by atoms with Gasteiger partial charge in [-0.3, -0.25) is 9.59 Å². The smallest absolute Gasteiger partial charge is 0.319 e. The first kappa shape index (κ1) is 18.0. The predicted octanol–water partition coefficient (Wildman–Crippen LogP) is 4.99. The normalized spacial score (nSPS) is 24.0. The maximum absolute atomic E-state index is 13.6. The van der Waals surface area contributed by atoms with Crippen LogP contribution in [0.5, 0.6) is 5.75 Å². The van der Waals surface area contributed by atoms with Crippen molar-refractivity contribution >= 4 is 22.5 Å². The van der Waals surface area contributed by atoms with E-state index >= 15 is 0 Å². The Bertz CT molecular complexity index is 906. The molecule has 0 amide bonds. The number of carbonyl (C=O) groups is 2. The van der Waals surface area contributed by atoms with Crippen LogP contribution in [0.1, 0.15) is 57.6 Å². The number of hydrogen-bond donors (Lipinski definition) is 0. The zero-order valence-corrected chi connectivity index (χ0v) is 16.2. The molecule has 2 aromatic rings. The molecule has 2 aromatic carbocycles. The van der Waals surface area contributed by atoms with Gasteiger partial charge in [0.2, 0.25) is 0 Å². The van der Waals surface area contributed by atoms with Gasteiger partial charge in [0.05, 0.1) is 12.5 Å². The van der Waals surface area contributed by atoms with E-state index in [0.29, 0.717) is 5.75 Å². The SMILES string of the molecule is COc1ccc2ccccc2c1C1OC(=O)C(C)(C)C(=O)C12CCCCC2. The van der Waals surface area contributed by atoms with E-state index in [0.717, 1.165) is 48.4 Å². The molecule has 4 heteroatoms. The largest absolute Gasteiger partial charge is 0.496 e. The van der Waals surface area contributed by atoms with Gasteiger partial charge in [0.1, 0.15) is 17.3 Å². The Kier molecular flexibility index (Phi) is 4.25. The van der Waals surface area contributed by atoms with Crippen molar-refractivity contribution in [3.8, 4) is 5.75 Å². The standard InChI is InChI=1S/C23H26O4/c1-22(2)20(24)23(13-7-4-8-14-23)19(27-21(22)25)18-16-10-6-5-9-15(16)11-12-17(18)26-3/h5-6,9-12,19H,4,7-8,13-14H2,1-3H3. The van der Waals surface area contributed by atoms with Crippen molar-refractivity contribution in [2.75, 3.05) is 7.11 Å². The molecule has 2 fully saturated rings. The summed E-state index contributed by atoms with van der Waals surface area (Å²) >= 11 is 0. The molecule has 1 unspecified atom stereocenters. The van der Waals surface area contributed by atoms with Crippen molar-refractivity contribution < 1.29 is 19.1 Å². The van der Waals surface area contributed by atoms with Crippen LogP contribution < -0.4 is 4.74 Å². The van der Waals surface area contributed by atoms with Crippen LogP contribution in [0.15, 0.2) is 36.4 Å². The van der Waals surface area contributed by atoms with Crippen molar-refractivity contribution in [1.82, 2.24) is 0 Å². The number of carbonyl (C=O) groups excluding carboxylic acids is 2. The van der Waals surface area contributed by atoms with E-state index in [-0.39, 0.29) is 5.78 Å². The molecule has 0 N–H and O–H groups in total. The van der Waals surface area contributed by atoms with Gasteiger partial charge in [-0.05, 0) is 43.5 Å². The number of cyclic esters (lactones) is 1. The number of ketones is 1. The lowest BCUT2D eigenvalue weighted by Crippen LogP contribution is -2.55. The third-order valence-electron chi connectivity index (χ3n) is 6.42. The van der Waals surface area contributed by atoms with Crippen LogP contribution in [0.2, 0.25) is 0 Å². The summed E-state index contributed by atoms with van der Waals surface area (Å²) in [5.74, 6) is 0.249. The third kappa shape index (κ3) is 2.57. The Balaban J connectivity index is 1.98. The molecule has 1 aliphatic carbocycles. The maximum Gasteiger partial charge on any atom is 0.319 e. The van der Waals surface area contributed by atoms with E-state index in [4.69, 9.17) is 9.47 Å². The van der Waals surface area contributed by atoms with Gasteiger partial charge in [-0.25, -0.2) is 0 Å². The zero-order chi connectivity index (χ0) is 19.2. The number of fused-ring (bicyclic) bond motifs is 1. The van der Waals surface area contributed by atoms with E-state index in [2.05, 4.69) is 0 Å². The fraction of sp³-hybridized carbons (Fsp3) is 0.478. The molecular formula is C23H26O4. The summed E-state index contributed by atoms with van der Waals surface area (Å²) in [6, 6.07) is 11.9. The van der Waals surface area contributed by atoms with Crippen LogP contribution in [0.25, 0.3) is 10.8 Å². The Morgan fingerprint density at radius 2 is 1.70 bits per heavy atom. The van der Waals surface area contributed by atoms with Crippen LogP contribution in [0.3, 0.4) is 0 Å². The summed E-state index contributed by atoms with van der Waals surface area (Å²) in [5.41, 5.74) is -0.951. The quantitative estimate of drug-likeness (QED) is 0.555. The predicted molar refractivity (Wildman–Crippen MR) is 104 cm³/mol. The number of hydrogen-bond acceptors (Lipinski definition) is 4. The molecule has 1 atom stereocenters. The Hall–Kier alpha value is -2.36. The maximum atomic E-state index is 13.6. The highest BCUT2D eigenvalue weighted by Gasteiger charge is 2.60. The first-order chi connectivity index (χ1) is 12.9. The minimum absolute atomic E-state index is 0.0194. The fourth-order valence-corrected chi connectivity index (χ4v) is 4.93. The van der Waals surface area contributed by atoms with Crippen LogP contribution >= 0.6 is 0 Å². The summed E-state index contributed by atoms with van der Waals surface area (Å²) in [6.07, 6.45) is 3.96. The summed E-state index contributed by atoms with van der Waals surface area (Å²) < 4.78 is 11.7. The highest BCUT2D eigenvalue weighted by atomic mass is 16.6. The number of Topliss-reactive ketones (excluding diaryl/α,β-unsaturated/α-hetero) is 1. The van der Waals surface area contributed by atoms with Gasteiger partial charge in [0.15, 0.2) is 5.78 Å². The van der Waals surface area contributed by atoms with Crippen molar-refractivity contribution in [2.45, 2.75) is 52.1 Å². The molecule has 4 nitrogen and oxygen atoms in total. The number of esters is 1. The first-order valence-electron chi connectivity index (χ1n) is 9.73. The molecule has 0 radical (unpaired) electrons. The molecule has 2 aliphatic rings. The highest BCUT2D eigenvalue weighted by Crippen LogP contribution is 2.57. The number of rotatable bonds is 2. The topological polar surface area (TPSA) is 52.6 Å². The number of methoxy groups -OCH3 is 1. The second kappa shape index (κ2) is 6.36. The number of ether oxygens (including phenoxy) is 2. The molecular weight excluding hydrogens is 340 g/mol. The highest BCUT2D eigenvalue weighted by molar-refractivity contribution is 6.08. The number of benzene rings is 2. The van der Waals surface area contributed by atoms with Gasteiger partial charge >= 0.3 is 5.97 Å². The second-order valence-electron chi connectivity index (χ2n) is 8.36. The molecule has 0 aromatic heterocycles. The summed E-state index contributed by atoms with van der Waals surface area (Å²) in [7, 11) is 1.62. The van der Waals surface area contributed by atoms with Crippen LogP contribution in [0, 0.1) is 10.8 Å². The Morgan fingerprint density at radius 1 is 1.00 bits per heavy atom. The van der Waals surface area contributed by atoms with Gasteiger partial charge < -0.3 is 9.47 Å². The van der Waals surface area contributed by atoms with Crippen LogP contribution in [-0.2, 0) is 14.3 Å². The second-order valence-corrected chi connectivity index (χ2v) is 8.36. The van der Waals surface area contributed by atoms with E-state index in [1.165, 1.54) is 0 Å². The average Bonchev–Trinajstić information content (AvgIpc) is 2.70. The molecule has 1 saturated carbocycles. The van der Waals surface area contributed by atoms with Gasteiger partial charge in [0, 0.05) is 5.56 Å². The van der Waals surface area contributed by atoms with Crippen molar-refractivity contribution in [1.29, 1.82) is 0 Å². The summed E-state index contributed by atoms with van der Waals surface area (Å²) in [6.45, 7) is 3.40. The monoisotopic (exact) mass is 366 g/mol. The molecule has 1 heterocycles. The molecule has 0 bridgehead atoms. The molecule has 27 heavy (non-hydrogen) atoms. The lowest BCUT2D eigenvalue weighted by Gasteiger charge is -2.49. The van der Waals surface area contributed by atoms with Crippen LogP contribution in [0.4, 0.5) is 0 Å². The van der Waals surface area contributed by atoms with E-state index in [1.54, 1.807) is 21.0 Å². The summed E-state index contributed by atoms with van der Waals surface area (Å²) in [5, 5.41) is 2.03. The Labute approximate surface area is 159 Å². The Morgan fingerprint density at radius 3 is 2.41 bits per heavy atom. The van der Waals surface area contributed by atoms with Gasteiger partial charge in [-0.1, -0.05) is 49.6 Å². The molecule has 1 aliphatic heterocycles. The zero-order valence-electron chi connectivity index (χ0n) is 16.2. The van der Waals surface area contributed by atoms with Crippen LogP contribution in [-0.4, -0.2) is 18.9 Å². The van der Waals surface area contributed by atoms with Crippen molar-refractivity contribution in [3.05, 3.63) is 42.0 Å². The van der Waals surface area contributed by atoms with E-state index in [9.17, 15) is 9.59 Å². The van der Waals surface area contributed by atoms with Crippen molar-refractivity contribution in [3.63, 3.8) is 0 Å². The van der Waals surface area contributed by atoms with Gasteiger partial charge in [-0.2, -0.15) is 0 Å². The van der Waals surface area contributed by atoms with Gasteiger partial charge in [0.25, 0.3) is 0 Å². The molecule has 4 rings (SSSR count). The summed E-state index contributed by atoms with van der Waals surface area (Å²) in [4.78, 5) is 26.4. The van der Waals surface area contributed by atoms with E-state index in [1.807, 2.05) is 36.4 Å². The van der Waals surface area contributed by atoms with Crippen molar-refractivity contribution in [2.24, 2.45) is 10.8 Å². The minimum atomic E-state index is -1.11.